The quantitative estimate of drug-likeness (QED) is 0.326. The SMILES string of the molecule is CSc1nc(Cl)cc(NCCCOCCO)n1. The van der Waals surface area contributed by atoms with Crippen LogP contribution in [0.5, 0.6) is 0 Å². The van der Waals surface area contributed by atoms with Crippen molar-refractivity contribution in [3.8, 4) is 0 Å². The van der Waals surface area contributed by atoms with E-state index < -0.39 is 0 Å². The van der Waals surface area contributed by atoms with Gasteiger partial charge in [-0.15, -0.1) is 0 Å². The molecule has 0 saturated heterocycles. The smallest absolute Gasteiger partial charge is 0.190 e. The predicted octanol–water partition coefficient (Wildman–Crippen LogP) is 1.66. The van der Waals surface area contributed by atoms with Crippen LogP contribution in [0.3, 0.4) is 0 Å². The molecular weight excluding hydrogens is 262 g/mol. The maximum Gasteiger partial charge on any atom is 0.190 e. The third-order valence-electron chi connectivity index (χ3n) is 1.86. The van der Waals surface area contributed by atoms with E-state index in [2.05, 4.69) is 15.3 Å². The number of nitrogens with one attached hydrogen (secondary N) is 1. The van der Waals surface area contributed by atoms with E-state index in [1.54, 1.807) is 6.07 Å². The van der Waals surface area contributed by atoms with Crippen molar-refractivity contribution in [3.63, 3.8) is 0 Å². The van der Waals surface area contributed by atoms with Gasteiger partial charge in [0.15, 0.2) is 5.16 Å². The molecule has 0 fully saturated rings. The zero-order chi connectivity index (χ0) is 12.5. The third-order valence-corrected chi connectivity index (χ3v) is 2.61. The average molecular weight is 278 g/mol. The van der Waals surface area contributed by atoms with Gasteiger partial charge in [-0.25, -0.2) is 9.97 Å². The first-order chi connectivity index (χ1) is 8.26. The maximum absolute atomic E-state index is 8.51. The number of hydrogen-bond donors (Lipinski definition) is 2. The number of anilines is 1. The van der Waals surface area contributed by atoms with E-state index in [0.717, 1.165) is 18.8 Å². The van der Waals surface area contributed by atoms with Crippen LogP contribution >= 0.6 is 23.4 Å². The van der Waals surface area contributed by atoms with Gasteiger partial charge in [-0.1, -0.05) is 23.4 Å². The van der Waals surface area contributed by atoms with Crippen molar-refractivity contribution >= 4 is 29.2 Å². The van der Waals surface area contributed by atoms with Gasteiger partial charge in [0.2, 0.25) is 0 Å². The Balaban J connectivity index is 2.28. The minimum atomic E-state index is 0.0615. The summed E-state index contributed by atoms with van der Waals surface area (Å²) in [7, 11) is 0. The van der Waals surface area contributed by atoms with Crippen LogP contribution in [-0.2, 0) is 4.74 Å². The van der Waals surface area contributed by atoms with E-state index in [-0.39, 0.29) is 6.61 Å². The fraction of sp³-hybridized carbons (Fsp3) is 0.600. The lowest BCUT2D eigenvalue weighted by atomic mass is 10.4. The molecule has 0 aliphatic rings. The number of halogens is 1. The molecule has 7 heteroatoms. The molecule has 1 heterocycles. The molecule has 1 aromatic rings. The third kappa shape index (κ3) is 6.07. The summed E-state index contributed by atoms with van der Waals surface area (Å²) in [6.07, 6.45) is 2.74. The maximum atomic E-state index is 8.51. The number of aliphatic hydroxyl groups excluding tert-OH is 1. The van der Waals surface area contributed by atoms with Crippen LogP contribution in [0.15, 0.2) is 11.2 Å². The van der Waals surface area contributed by atoms with Crippen LogP contribution < -0.4 is 5.32 Å². The van der Waals surface area contributed by atoms with Crippen molar-refractivity contribution in [2.24, 2.45) is 0 Å². The van der Waals surface area contributed by atoms with Gasteiger partial charge < -0.3 is 15.2 Å². The molecule has 17 heavy (non-hydrogen) atoms. The number of ether oxygens (including phenoxy) is 1. The average Bonchev–Trinajstić information content (AvgIpc) is 2.33. The van der Waals surface area contributed by atoms with Crippen molar-refractivity contribution < 1.29 is 9.84 Å². The fourth-order valence-corrected chi connectivity index (χ4v) is 1.75. The highest BCUT2D eigenvalue weighted by Gasteiger charge is 2.01. The molecule has 0 aliphatic carbocycles. The summed E-state index contributed by atoms with van der Waals surface area (Å²) in [5.41, 5.74) is 0. The molecule has 0 saturated carbocycles. The van der Waals surface area contributed by atoms with Crippen LogP contribution in [0, 0.1) is 0 Å². The van der Waals surface area contributed by atoms with Gasteiger partial charge in [0.25, 0.3) is 0 Å². The number of rotatable bonds is 8. The largest absolute Gasteiger partial charge is 0.394 e. The van der Waals surface area contributed by atoms with Crippen LogP contribution in [0.4, 0.5) is 5.82 Å². The summed E-state index contributed by atoms with van der Waals surface area (Å²) in [6.45, 7) is 1.80. The van der Waals surface area contributed by atoms with Gasteiger partial charge in [0.1, 0.15) is 11.0 Å². The molecule has 0 unspecified atom stereocenters. The Hall–Kier alpha value is -0.560. The molecule has 0 radical (unpaired) electrons. The standard InChI is InChI=1S/C10H16ClN3O2S/c1-17-10-13-8(11)7-9(14-10)12-3-2-5-16-6-4-15/h7,15H,2-6H2,1H3,(H,12,13,14). The number of thioether (sulfide) groups is 1. The number of nitrogens with zero attached hydrogens (tertiary/aromatic N) is 2. The van der Waals surface area contributed by atoms with E-state index in [0.29, 0.717) is 23.5 Å². The Morgan fingerprint density at radius 3 is 3.00 bits per heavy atom. The highest BCUT2D eigenvalue weighted by atomic mass is 35.5. The summed E-state index contributed by atoms with van der Waals surface area (Å²) in [6, 6.07) is 1.69. The molecule has 5 nitrogen and oxygen atoms in total. The summed E-state index contributed by atoms with van der Waals surface area (Å²) in [5, 5.41) is 12.7. The van der Waals surface area contributed by atoms with E-state index >= 15 is 0 Å². The van der Waals surface area contributed by atoms with E-state index in [4.69, 9.17) is 21.4 Å². The first-order valence-corrected chi connectivity index (χ1v) is 6.87. The number of hydrogen-bond acceptors (Lipinski definition) is 6. The van der Waals surface area contributed by atoms with Crippen molar-refractivity contribution in [2.75, 3.05) is 37.9 Å². The Labute approximate surface area is 110 Å². The second-order valence-electron chi connectivity index (χ2n) is 3.18. The molecule has 0 spiro atoms. The van der Waals surface area contributed by atoms with Gasteiger partial charge in [-0.3, -0.25) is 0 Å². The normalized spacial score (nSPS) is 10.5. The Kier molecular flexibility index (Phi) is 7.27. The molecule has 0 atom stereocenters. The highest BCUT2D eigenvalue weighted by Crippen LogP contribution is 2.16. The minimum absolute atomic E-state index is 0.0615. The molecule has 1 rings (SSSR count). The van der Waals surface area contributed by atoms with Gasteiger partial charge in [-0.05, 0) is 12.7 Å². The van der Waals surface area contributed by atoms with Crippen LogP contribution in [0.1, 0.15) is 6.42 Å². The summed E-state index contributed by atoms with van der Waals surface area (Å²) >= 11 is 7.30. The molecule has 2 N–H and O–H groups in total. The van der Waals surface area contributed by atoms with Crippen LogP contribution in [-0.4, -0.2) is 47.7 Å². The summed E-state index contributed by atoms with van der Waals surface area (Å²) in [5.74, 6) is 0.719. The first kappa shape index (κ1) is 14.5. The van der Waals surface area contributed by atoms with Crippen molar-refractivity contribution in [1.82, 2.24) is 9.97 Å². The van der Waals surface area contributed by atoms with Crippen LogP contribution in [0.2, 0.25) is 5.15 Å². The lowest BCUT2D eigenvalue weighted by molar-refractivity contribution is 0.0922. The predicted molar refractivity (Wildman–Crippen MR) is 69.8 cm³/mol. The fourth-order valence-electron chi connectivity index (χ4n) is 1.14. The van der Waals surface area contributed by atoms with Crippen LogP contribution in [0.25, 0.3) is 0 Å². The Morgan fingerprint density at radius 1 is 1.47 bits per heavy atom. The minimum Gasteiger partial charge on any atom is -0.394 e. The topological polar surface area (TPSA) is 67.3 Å². The Bertz CT molecular complexity index is 341. The zero-order valence-electron chi connectivity index (χ0n) is 9.65. The molecule has 96 valence electrons. The van der Waals surface area contributed by atoms with E-state index in [1.807, 2.05) is 6.26 Å². The second-order valence-corrected chi connectivity index (χ2v) is 4.34. The second kappa shape index (κ2) is 8.52. The van der Waals surface area contributed by atoms with E-state index in [1.165, 1.54) is 11.8 Å². The molecular formula is C10H16ClN3O2S. The number of aromatic nitrogens is 2. The molecule has 0 amide bonds. The lowest BCUT2D eigenvalue weighted by Gasteiger charge is -2.07. The van der Waals surface area contributed by atoms with E-state index in [9.17, 15) is 0 Å². The van der Waals surface area contributed by atoms with Gasteiger partial charge in [-0.2, -0.15) is 0 Å². The van der Waals surface area contributed by atoms with Crippen molar-refractivity contribution in [2.45, 2.75) is 11.6 Å². The molecule has 1 aromatic heterocycles. The van der Waals surface area contributed by atoms with Crippen molar-refractivity contribution in [1.29, 1.82) is 0 Å². The van der Waals surface area contributed by atoms with Gasteiger partial charge in [0.05, 0.1) is 13.2 Å². The van der Waals surface area contributed by atoms with Gasteiger partial charge in [0, 0.05) is 19.2 Å². The monoisotopic (exact) mass is 277 g/mol. The Morgan fingerprint density at radius 2 is 2.29 bits per heavy atom. The lowest BCUT2D eigenvalue weighted by Crippen LogP contribution is -2.09. The van der Waals surface area contributed by atoms with Crippen molar-refractivity contribution in [3.05, 3.63) is 11.2 Å². The first-order valence-electron chi connectivity index (χ1n) is 5.27. The highest BCUT2D eigenvalue weighted by molar-refractivity contribution is 7.98. The molecule has 0 bridgehead atoms. The molecule has 0 aliphatic heterocycles. The zero-order valence-corrected chi connectivity index (χ0v) is 11.2. The summed E-state index contributed by atoms with van der Waals surface area (Å²) in [4.78, 5) is 8.31. The molecule has 0 aromatic carbocycles. The van der Waals surface area contributed by atoms with Gasteiger partial charge >= 0.3 is 0 Å². The number of aliphatic hydroxyl groups is 1. The summed E-state index contributed by atoms with van der Waals surface area (Å²) < 4.78 is 5.14.